The second kappa shape index (κ2) is 6.64. The van der Waals surface area contributed by atoms with Crippen molar-refractivity contribution in [3.8, 4) is 0 Å². The van der Waals surface area contributed by atoms with E-state index in [0.29, 0.717) is 0 Å². The molecule has 1 fully saturated rings. The van der Waals surface area contributed by atoms with Crippen molar-refractivity contribution in [2.75, 3.05) is 31.6 Å². The molecule has 0 amide bonds. The normalized spacial score (nSPS) is 20.8. The molecule has 0 saturated carbocycles. The summed E-state index contributed by atoms with van der Waals surface area (Å²) in [5, 5.41) is 5.64. The van der Waals surface area contributed by atoms with Crippen LogP contribution in [-0.2, 0) is 6.54 Å². The Morgan fingerprint density at radius 1 is 1.56 bits per heavy atom. The van der Waals surface area contributed by atoms with E-state index in [-0.39, 0.29) is 0 Å². The van der Waals surface area contributed by atoms with Gasteiger partial charge in [0.1, 0.15) is 0 Å². The minimum absolute atomic E-state index is 0.813. The summed E-state index contributed by atoms with van der Waals surface area (Å²) in [6.07, 6.45) is 1.37. The summed E-state index contributed by atoms with van der Waals surface area (Å²) < 4.78 is 0. The monoisotopic (exact) mass is 256 g/mol. The summed E-state index contributed by atoms with van der Waals surface area (Å²) in [6, 6.07) is 5.12. The third-order valence-corrected chi connectivity index (χ3v) is 5.07. The van der Waals surface area contributed by atoms with Crippen molar-refractivity contribution >= 4 is 23.1 Å². The quantitative estimate of drug-likeness (QED) is 0.786. The summed E-state index contributed by atoms with van der Waals surface area (Å²) in [7, 11) is 2.25. The Kier molecular flexibility index (Phi) is 5.16. The number of thioether (sulfide) groups is 1. The molecule has 1 saturated heterocycles. The molecular weight excluding hydrogens is 236 g/mol. The van der Waals surface area contributed by atoms with Crippen LogP contribution in [0.15, 0.2) is 17.5 Å². The third kappa shape index (κ3) is 3.77. The molecule has 2 rings (SSSR count). The fourth-order valence-corrected chi connectivity index (χ4v) is 3.91. The van der Waals surface area contributed by atoms with E-state index in [0.717, 1.165) is 25.7 Å². The van der Waals surface area contributed by atoms with Gasteiger partial charge in [0.05, 0.1) is 0 Å². The van der Waals surface area contributed by atoms with Crippen LogP contribution in [0.2, 0.25) is 0 Å². The Balaban J connectivity index is 1.57. The molecule has 1 unspecified atom stereocenters. The number of nitrogens with zero attached hydrogens (tertiary/aromatic N) is 1. The molecule has 1 aromatic rings. The molecule has 0 spiro atoms. The van der Waals surface area contributed by atoms with Gasteiger partial charge >= 0.3 is 0 Å². The van der Waals surface area contributed by atoms with Crippen LogP contribution < -0.4 is 5.32 Å². The van der Waals surface area contributed by atoms with E-state index in [9.17, 15) is 0 Å². The smallest absolute Gasteiger partial charge is 0.0300 e. The van der Waals surface area contributed by atoms with Crippen LogP contribution in [0, 0.1) is 0 Å². The fourth-order valence-electron chi connectivity index (χ4n) is 1.93. The molecule has 1 atom stereocenters. The van der Waals surface area contributed by atoms with E-state index < -0.39 is 0 Å². The summed E-state index contributed by atoms with van der Waals surface area (Å²) in [6.45, 7) is 3.27. The van der Waals surface area contributed by atoms with Crippen molar-refractivity contribution in [1.29, 1.82) is 0 Å². The van der Waals surface area contributed by atoms with Crippen LogP contribution in [0.4, 0.5) is 0 Å². The standard InChI is InChI=1S/C12H20N2S2/c1-14(11-4-8-15-10-11)6-5-13-9-12-3-2-7-16-12/h2-3,7,11,13H,4-6,8-10H2,1H3. The Bertz CT molecular complexity index is 281. The predicted molar refractivity (Wildman–Crippen MR) is 74.4 cm³/mol. The van der Waals surface area contributed by atoms with Crippen LogP contribution in [-0.4, -0.2) is 42.6 Å². The van der Waals surface area contributed by atoms with Gasteiger partial charge in [-0.3, -0.25) is 0 Å². The fraction of sp³-hybridized carbons (Fsp3) is 0.667. The number of likely N-dealkylation sites (N-methyl/N-ethyl adjacent to an activating group) is 1. The molecule has 2 nitrogen and oxygen atoms in total. The average molecular weight is 256 g/mol. The first-order valence-corrected chi connectivity index (χ1v) is 7.91. The number of nitrogens with one attached hydrogen (secondary N) is 1. The molecule has 16 heavy (non-hydrogen) atoms. The maximum atomic E-state index is 3.50. The number of hydrogen-bond donors (Lipinski definition) is 1. The first-order chi connectivity index (χ1) is 7.86. The molecule has 1 aromatic heterocycles. The molecule has 0 aliphatic carbocycles. The van der Waals surface area contributed by atoms with Crippen molar-refractivity contribution < 1.29 is 0 Å². The average Bonchev–Trinajstić information content (AvgIpc) is 2.96. The number of thiophene rings is 1. The molecular formula is C12H20N2S2. The minimum Gasteiger partial charge on any atom is -0.311 e. The van der Waals surface area contributed by atoms with Gasteiger partial charge < -0.3 is 10.2 Å². The maximum Gasteiger partial charge on any atom is 0.0300 e. The topological polar surface area (TPSA) is 15.3 Å². The van der Waals surface area contributed by atoms with Crippen molar-refractivity contribution in [3.05, 3.63) is 22.4 Å². The van der Waals surface area contributed by atoms with E-state index in [1.54, 1.807) is 0 Å². The Morgan fingerprint density at radius 3 is 3.19 bits per heavy atom. The molecule has 1 aliphatic heterocycles. The highest BCUT2D eigenvalue weighted by atomic mass is 32.2. The van der Waals surface area contributed by atoms with E-state index in [2.05, 4.69) is 46.5 Å². The lowest BCUT2D eigenvalue weighted by molar-refractivity contribution is 0.262. The lowest BCUT2D eigenvalue weighted by atomic mass is 10.2. The van der Waals surface area contributed by atoms with E-state index in [1.165, 1.54) is 22.8 Å². The van der Waals surface area contributed by atoms with Gasteiger partial charge in [-0.05, 0) is 30.7 Å². The second-order valence-corrected chi connectivity index (χ2v) is 6.44. The minimum atomic E-state index is 0.813. The largest absolute Gasteiger partial charge is 0.311 e. The molecule has 0 radical (unpaired) electrons. The van der Waals surface area contributed by atoms with Crippen LogP contribution >= 0.6 is 23.1 Å². The van der Waals surface area contributed by atoms with Crippen LogP contribution in [0.5, 0.6) is 0 Å². The van der Waals surface area contributed by atoms with Gasteiger partial charge in [0.2, 0.25) is 0 Å². The molecule has 1 N–H and O–H groups in total. The Hall–Kier alpha value is -0.0300. The SMILES string of the molecule is CN(CCNCc1cccs1)C1CCSC1. The van der Waals surface area contributed by atoms with Crippen molar-refractivity contribution in [1.82, 2.24) is 10.2 Å². The molecule has 2 heterocycles. The zero-order valence-electron chi connectivity index (χ0n) is 9.82. The van der Waals surface area contributed by atoms with Gasteiger partial charge in [-0.2, -0.15) is 11.8 Å². The predicted octanol–water partition coefficient (Wildman–Crippen LogP) is 2.27. The highest BCUT2D eigenvalue weighted by molar-refractivity contribution is 7.99. The molecule has 4 heteroatoms. The highest BCUT2D eigenvalue weighted by Gasteiger charge is 2.19. The number of rotatable bonds is 6. The van der Waals surface area contributed by atoms with Crippen LogP contribution in [0.1, 0.15) is 11.3 Å². The van der Waals surface area contributed by atoms with Gasteiger partial charge in [-0.1, -0.05) is 6.07 Å². The van der Waals surface area contributed by atoms with Gasteiger partial charge in [0.15, 0.2) is 0 Å². The zero-order valence-corrected chi connectivity index (χ0v) is 11.4. The molecule has 1 aliphatic rings. The molecule has 90 valence electrons. The van der Waals surface area contributed by atoms with Gasteiger partial charge in [-0.25, -0.2) is 0 Å². The Labute approximate surface area is 106 Å². The van der Waals surface area contributed by atoms with E-state index in [1.807, 2.05) is 11.3 Å². The van der Waals surface area contributed by atoms with Crippen molar-refractivity contribution in [2.45, 2.75) is 19.0 Å². The van der Waals surface area contributed by atoms with Gasteiger partial charge in [0, 0.05) is 36.3 Å². The maximum absolute atomic E-state index is 3.50. The summed E-state index contributed by atoms with van der Waals surface area (Å²) >= 11 is 3.91. The first-order valence-electron chi connectivity index (χ1n) is 5.87. The first kappa shape index (κ1) is 12.4. The molecule has 0 aromatic carbocycles. The van der Waals surface area contributed by atoms with E-state index in [4.69, 9.17) is 0 Å². The van der Waals surface area contributed by atoms with Gasteiger partial charge in [-0.15, -0.1) is 11.3 Å². The van der Waals surface area contributed by atoms with Gasteiger partial charge in [0.25, 0.3) is 0 Å². The lowest BCUT2D eigenvalue weighted by Gasteiger charge is -2.23. The van der Waals surface area contributed by atoms with Crippen molar-refractivity contribution in [2.24, 2.45) is 0 Å². The number of hydrogen-bond acceptors (Lipinski definition) is 4. The van der Waals surface area contributed by atoms with E-state index >= 15 is 0 Å². The van der Waals surface area contributed by atoms with Crippen LogP contribution in [0.25, 0.3) is 0 Å². The second-order valence-electron chi connectivity index (χ2n) is 4.25. The van der Waals surface area contributed by atoms with Crippen molar-refractivity contribution in [3.63, 3.8) is 0 Å². The summed E-state index contributed by atoms with van der Waals surface area (Å²) in [4.78, 5) is 3.93. The lowest BCUT2D eigenvalue weighted by Crippen LogP contribution is -2.36. The summed E-state index contributed by atoms with van der Waals surface area (Å²) in [5.74, 6) is 2.67. The Morgan fingerprint density at radius 2 is 2.50 bits per heavy atom. The third-order valence-electron chi connectivity index (χ3n) is 3.05. The zero-order chi connectivity index (χ0) is 11.2. The highest BCUT2D eigenvalue weighted by Crippen LogP contribution is 2.20. The van der Waals surface area contributed by atoms with Crippen LogP contribution in [0.3, 0.4) is 0 Å². The molecule has 0 bridgehead atoms. The summed E-state index contributed by atoms with van der Waals surface area (Å²) in [5.41, 5.74) is 0.